The van der Waals surface area contributed by atoms with Crippen LogP contribution in [0.25, 0.3) is 0 Å². The molecule has 1 aliphatic carbocycles. The molecule has 0 radical (unpaired) electrons. The molecule has 1 fully saturated rings. The lowest BCUT2D eigenvalue weighted by atomic mass is 10.2. The molecular weight excluding hydrogens is 228 g/mol. The van der Waals surface area contributed by atoms with E-state index in [0.717, 1.165) is 24.2 Å². The van der Waals surface area contributed by atoms with Gasteiger partial charge in [0.25, 0.3) is 0 Å². The van der Waals surface area contributed by atoms with Gasteiger partial charge in [0.05, 0.1) is 7.11 Å². The second-order valence-electron chi connectivity index (χ2n) is 3.89. The number of hydrogen-bond acceptors (Lipinski definition) is 4. The molecular formula is C11H13ClN2O2. The summed E-state index contributed by atoms with van der Waals surface area (Å²) in [6.45, 7) is 0. The Morgan fingerprint density at radius 1 is 1.62 bits per heavy atom. The Morgan fingerprint density at radius 2 is 2.38 bits per heavy atom. The highest BCUT2D eigenvalue weighted by Crippen LogP contribution is 2.38. The minimum absolute atomic E-state index is 0.248. The summed E-state index contributed by atoms with van der Waals surface area (Å²) < 4.78 is 4.56. The lowest BCUT2D eigenvalue weighted by Gasteiger charge is -2.04. The summed E-state index contributed by atoms with van der Waals surface area (Å²) >= 11 is 6.02. The number of nitrogens with zero attached hydrogens (tertiary/aromatic N) is 2. The van der Waals surface area contributed by atoms with Crippen LogP contribution in [0, 0.1) is 0 Å². The number of halogens is 1. The fourth-order valence-corrected chi connectivity index (χ4v) is 1.67. The van der Waals surface area contributed by atoms with Gasteiger partial charge in [0.1, 0.15) is 11.0 Å². The van der Waals surface area contributed by atoms with E-state index in [1.54, 1.807) is 6.20 Å². The van der Waals surface area contributed by atoms with Gasteiger partial charge in [0.2, 0.25) is 0 Å². The molecule has 1 saturated carbocycles. The van der Waals surface area contributed by atoms with E-state index < -0.39 is 0 Å². The van der Waals surface area contributed by atoms with Crippen molar-refractivity contribution in [2.45, 2.75) is 31.6 Å². The minimum Gasteiger partial charge on any atom is -0.469 e. The van der Waals surface area contributed by atoms with E-state index in [0.29, 0.717) is 23.9 Å². The molecule has 0 N–H and O–H groups in total. The smallest absolute Gasteiger partial charge is 0.305 e. The van der Waals surface area contributed by atoms with Crippen molar-refractivity contribution >= 4 is 17.6 Å². The maximum atomic E-state index is 11.0. The van der Waals surface area contributed by atoms with Gasteiger partial charge in [0, 0.05) is 24.1 Å². The van der Waals surface area contributed by atoms with Crippen LogP contribution < -0.4 is 0 Å². The van der Waals surface area contributed by atoms with E-state index >= 15 is 0 Å². The Hall–Kier alpha value is -1.16. The van der Waals surface area contributed by atoms with Crippen molar-refractivity contribution in [3.8, 4) is 0 Å². The number of ether oxygens (including phenoxy) is 1. The highest BCUT2D eigenvalue weighted by Gasteiger charge is 2.26. The molecule has 0 atom stereocenters. The van der Waals surface area contributed by atoms with E-state index in [-0.39, 0.29) is 5.97 Å². The van der Waals surface area contributed by atoms with Gasteiger partial charge < -0.3 is 4.74 Å². The Bertz CT molecular complexity index is 405. The molecule has 0 unspecified atom stereocenters. The zero-order chi connectivity index (χ0) is 11.5. The van der Waals surface area contributed by atoms with Crippen molar-refractivity contribution in [2.24, 2.45) is 0 Å². The van der Waals surface area contributed by atoms with Crippen molar-refractivity contribution in [3.63, 3.8) is 0 Å². The summed E-state index contributed by atoms with van der Waals surface area (Å²) in [6, 6.07) is 0. The molecule has 0 spiro atoms. The van der Waals surface area contributed by atoms with Gasteiger partial charge >= 0.3 is 5.97 Å². The highest BCUT2D eigenvalue weighted by molar-refractivity contribution is 6.30. The number of hydrogen-bond donors (Lipinski definition) is 0. The van der Waals surface area contributed by atoms with Gasteiger partial charge in [-0.25, -0.2) is 9.97 Å². The molecule has 86 valence electrons. The summed E-state index contributed by atoms with van der Waals surface area (Å²) in [6.07, 6.45) is 4.85. The van der Waals surface area contributed by atoms with E-state index in [4.69, 9.17) is 11.6 Å². The van der Waals surface area contributed by atoms with Crippen LogP contribution in [-0.2, 0) is 16.0 Å². The van der Waals surface area contributed by atoms with Gasteiger partial charge in [-0.3, -0.25) is 4.79 Å². The third-order valence-electron chi connectivity index (χ3n) is 2.60. The van der Waals surface area contributed by atoms with Crippen LogP contribution in [0.4, 0.5) is 0 Å². The normalized spacial score (nSPS) is 14.9. The van der Waals surface area contributed by atoms with E-state index in [1.165, 1.54) is 7.11 Å². The molecule has 0 saturated heterocycles. The van der Waals surface area contributed by atoms with Gasteiger partial charge in [-0.05, 0) is 19.3 Å². The van der Waals surface area contributed by atoms with Crippen LogP contribution in [0.2, 0.25) is 5.15 Å². The number of carbonyl (C=O) groups excluding carboxylic acids is 1. The molecule has 4 nitrogen and oxygen atoms in total. The van der Waals surface area contributed by atoms with Gasteiger partial charge in [-0.2, -0.15) is 0 Å². The fourth-order valence-electron chi connectivity index (χ4n) is 1.44. The lowest BCUT2D eigenvalue weighted by Crippen LogP contribution is -2.04. The first kappa shape index (κ1) is 11.3. The summed E-state index contributed by atoms with van der Waals surface area (Å²) in [4.78, 5) is 19.5. The van der Waals surface area contributed by atoms with Crippen LogP contribution in [0.3, 0.4) is 0 Å². The molecule has 1 aromatic rings. The van der Waals surface area contributed by atoms with Crippen molar-refractivity contribution in [1.82, 2.24) is 9.97 Å². The standard InChI is InChI=1S/C11H13ClN2O2/c1-16-9(15)5-4-8-6-13-11(7-2-3-7)14-10(8)12/h6-7H,2-5H2,1H3. The van der Waals surface area contributed by atoms with Crippen LogP contribution in [0.1, 0.15) is 36.6 Å². The van der Waals surface area contributed by atoms with Gasteiger partial charge in [0.15, 0.2) is 0 Å². The molecule has 0 aromatic carbocycles. The monoisotopic (exact) mass is 240 g/mol. The summed E-state index contributed by atoms with van der Waals surface area (Å²) in [7, 11) is 1.37. The first-order chi connectivity index (χ1) is 7.70. The predicted molar refractivity (Wildman–Crippen MR) is 59.4 cm³/mol. The van der Waals surface area contributed by atoms with Crippen molar-refractivity contribution < 1.29 is 9.53 Å². The SMILES string of the molecule is COC(=O)CCc1cnc(C2CC2)nc1Cl. The first-order valence-corrected chi connectivity index (χ1v) is 5.66. The first-order valence-electron chi connectivity index (χ1n) is 5.29. The van der Waals surface area contributed by atoms with Crippen LogP contribution >= 0.6 is 11.6 Å². The Kier molecular flexibility index (Phi) is 3.39. The summed E-state index contributed by atoms with van der Waals surface area (Å²) in [5.74, 6) is 1.07. The third kappa shape index (κ3) is 2.70. The lowest BCUT2D eigenvalue weighted by molar-refractivity contribution is -0.140. The molecule has 0 amide bonds. The number of aromatic nitrogens is 2. The number of rotatable bonds is 4. The summed E-state index contributed by atoms with van der Waals surface area (Å²) in [5, 5.41) is 0.459. The van der Waals surface area contributed by atoms with Gasteiger partial charge in [-0.1, -0.05) is 11.6 Å². The zero-order valence-corrected chi connectivity index (χ0v) is 9.83. The van der Waals surface area contributed by atoms with Crippen molar-refractivity contribution in [3.05, 3.63) is 22.7 Å². The number of methoxy groups -OCH3 is 1. The average molecular weight is 241 g/mol. The number of esters is 1. The molecule has 16 heavy (non-hydrogen) atoms. The predicted octanol–water partition coefficient (Wildman–Crippen LogP) is 2.11. The molecule has 0 aliphatic heterocycles. The average Bonchev–Trinajstić information content (AvgIpc) is 3.10. The maximum Gasteiger partial charge on any atom is 0.305 e. The van der Waals surface area contributed by atoms with Crippen molar-refractivity contribution in [2.75, 3.05) is 7.11 Å². The fraction of sp³-hybridized carbons (Fsp3) is 0.545. The molecule has 1 aliphatic rings. The minimum atomic E-state index is -0.248. The van der Waals surface area contributed by atoms with E-state index in [2.05, 4.69) is 14.7 Å². The Labute approximate surface area is 99.0 Å². The molecule has 0 bridgehead atoms. The molecule has 5 heteroatoms. The third-order valence-corrected chi connectivity index (χ3v) is 2.93. The maximum absolute atomic E-state index is 11.0. The topological polar surface area (TPSA) is 52.1 Å². The van der Waals surface area contributed by atoms with Crippen LogP contribution in [0.15, 0.2) is 6.20 Å². The van der Waals surface area contributed by atoms with E-state index in [9.17, 15) is 4.79 Å². The van der Waals surface area contributed by atoms with Crippen LogP contribution in [-0.4, -0.2) is 23.0 Å². The Morgan fingerprint density at radius 3 is 2.94 bits per heavy atom. The quantitative estimate of drug-likeness (QED) is 0.598. The Balaban J connectivity index is 2.01. The van der Waals surface area contributed by atoms with Crippen molar-refractivity contribution in [1.29, 1.82) is 0 Å². The number of aryl methyl sites for hydroxylation is 1. The molecule has 1 aromatic heterocycles. The summed E-state index contributed by atoms with van der Waals surface area (Å²) in [5.41, 5.74) is 0.802. The second kappa shape index (κ2) is 4.78. The van der Waals surface area contributed by atoms with Gasteiger partial charge in [-0.15, -0.1) is 0 Å². The zero-order valence-electron chi connectivity index (χ0n) is 9.07. The number of carbonyl (C=O) groups is 1. The second-order valence-corrected chi connectivity index (χ2v) is 4.25. The molecule has 1 heterocycles. The largest absolute Gasteiger partial charge is 0.469 e. The van der Waals surface area contributed by atoms with E-state index in [1.807, 2.05) is 0 Å². The molecule has 2 rings (SSSR count). The van der Waals surface area contributed by atoms with Crippen LogP contribution in [0.5, 0.6) is 0 Å². The highest BCUT2D eigenvalue weighted by atomic mass is 35.5.